The maximum Gasteiger partial charge on any atom is 0.224 e. The lowest BCUT2D eigenvalue weighted by Crippen LogP contribution is -2.47. The molecule has 166 valence electrons. The number of carbonyl (C=O) groups is 2. The van der Waals surface area contributed by atoms with Crippen LogP contribution in [0, 0.1) is 5.92 Å². The fourth-order valence-corrected chi connectivity index (χ4v) is 4.68. The van der Waals surface area contributed by atoms with Gasteiger partial charge in [-0.05, 0) is 50.0 Å². The molecule has 8 nitrogen and oxygen atoms in total. The van der Waals surface area contributed by atoms with E-state index in [0.29, 0.717) is 57.8 Å². The van der Waals surface area contributed by atoms with Gasteiger partial charge >= 0.3 is 0 Å². The molecule has 0 unspecified atom stereocenters. The molecular weight excluding hydrogens is 382 g/mol. The fourth-order valence-electron chi connectivity index (χ4n) is 4.68. The zero-order valence-corrected chi connectivity index (χ0v) is 17.9. The van der Waals surface area contributed by atoms with Crippen LogP contribution in [0.5, 0.6) is 0 Å². The Balaban J connectivity index is 1.22. The lowest BCUT2D eigenvalue weighted by Gasteiger charge is -2.33. The number of hydrogen-bond donors (Lipinski definition) is 2. The summed E-state index contributed by atoms with van der Waals surface area (Å²) in [7, 11) is 0. The van der Waals surface area contributed by atoms with Crippen LogP contribution in [0.25, 0.3) is 0 Å². The number of aromatic nitrogens is 2. The molecule has 0 bridgehead atoms. The maximum absolute atomic E-state index is 12.8. The molecule has 3 heterocycles. The summed E-state index contributed by atoms with van der Waals surface area (Å²) in [5, 5.41) is 9.89. The first-order chi connectivity index (χ1) is 14.7. The highest BCUT2D eigenvalue weighted by molar-refractivity contribution is 5.77. The van der Waals surface area contributed by atoms with Crippen LogP contribution in [0.15, 0.2) is 12.4 Å². The van der Waals surface area contributed by atoms with Crippen LogP contribution in [0.4, 0.5) is 0 Å². The molecule has 2 saturated heterocycles. The SMILES string of the molecule is O=C(CCCc1cn[nH]c1)NC[C@@H]1CC[C@H](CC(=O)N2CCOCC2)N1CC1CC1. The predicted octanol–water partition coefficient (Wildman–Crippen LogP) is 1.34. The molecule has 2 amide bonds. The van der Waals surface area contributed by atoms with E-state index in [4.69, 9.17) is 4.74 Å². The molecule has 30 heavy (non-hydrogen) atoms. The van der Waals surface area contributed by atoms with Gasteiger partial charge in [-0.3, -0.25) is 19.6 Å². The van der Waals surface area contributed by atoms with Gasteiger partial charge in [-0.2, -0.15) is 5.10 Å². The van der Waals surface area contributed by atoms with Crippen molar-refractivity contribution < 1.29 is 14.3 Å². The summed E-state index contributed by atoms with van der Waals surface area (Å²) < 4.78 is 5.37. The minimum atomic E-state index is 0.123. The van der Waals surface area contributed by atoms with E-state index in [-0.39, 0.29) is 11.8 Å². The number of morpholine rings is 1. The summed E-state index contributed by atoms with van der Waals surface area (Å²) in [5.41, 5.74) is 1.14. The largest absolute Gasteiger partial charge is 0.378 e. The Kier molecular flexibility index (Phi) is 7.38. The number of ether oxygens (including phenoxy) is 1. The zero-order valence-electron chi connectivity index (χ0n) is 17.9. The van der Waals surface area contributed by atoms with Crippen molar-refractivity contribution in [3.63, 3.8) is 0 Å². The monoisotopic (exact) mass is 417 g/mol. The molecular formula is C22H35N5O3. The lowest BCUT2D eigenvalue weighted by molar-refractivity contribution is -0.136. The number of amides is 2. The van der Waals surface area contributed by atoms with Crippen molar-refractivity contribution in [2.45, 2.75) is 63.5 Å². The number of H-pyrrole nitrogens is 1. The van der Waals surface area contributed by atoms with E-state index in [2.05, 4.69) is 20.4 Å². The van der Waals surface area contributed by atoms with Crippen molar-refractivity contribution in [1.29, 1.82) is 0 Å². The smallest absolute Gasteiger partial charge is 0.224 e. The second kappa shape index (κ2) is 10.4. The van der Waals surface area contributed by atoms with Gasteiger partial charge in [0.1, 0.15) is 0 Å². The molecule has 2 atom stereocenters. The highest BCUT2D eigenvalue weighted by Crippen LogP contribution is 2.35. The molecule has 4 rings (SSSR count). The van der Waals surface area contributed by atoms with Gasteiger partial charge in [0, 0.05) is 57.3 Å². The number of likely N-dealkylation sites (tertiary alicyclic amines) is 1. The molecule has 0 spiro atoms. The molecule has 1 aromatic rings. The predicted molar refractivity (Wildman–Crippen MR) is 113 cm³/mol. The number of carbonyl (C=O) groups excluding carboxylic acids is 2. The molecule has 1 aliphatic carbocycles. The Labute approximate surface area is 178 Å². The molecule has 8 heteroatoms. The van der Waals surface area contributed by atoms with Gasteiger partial charge in [-0.15, -0.1) is 0 Å². The van der Waals surface area contributed by atoms with Crippen molar-refractivity contribution in [3.05, 3.63) is 18.0 Å². The Morgan fingerprint density at radius 1 is 1.17 bits per heavy atom. The summed E-state index contributed by atoms with van der Waals surface area (Å²) in [6.07, 6.45) is 11.2. The third-order valence-electron chi connectivity index (χ3n) is 6.67. The van der Waals surface area contributed by atoms with Crippen LogP contribution in [0.1, 0.15) is 50.5 Å². The quantitative estimate of drug-likeness (QED) is 0.600. The molecule has 1 aromatic heterocycles. The van der Waals surface area contributed by atoms with Crippen LogP contribution in [0.2, 0.25) is 0 Å². The van der Waals surface area contributed by atoms with E-state index in [1.807, 2.05) is 17.3 Å². The number of nitrogens with one attached hydrogen (secondary N) is 2. The van der Waals surface area contributed by atoms with Crippen molar-refractivity contribution in [3.8, 4) is 0 Å². The van der Waals surface area contributed by atoms with Crippen LogP contribution in [-0.2, 0) is 20.7 Å². The number of aryl methyl sites for hydroxylation is 1. The van der Waals surface area contributed by atoms with Gasteiger partial charge in [0.2, 0.25) is 11.8 Å². The maximum atomic E-state index is 12.8. The lowest BCUT2D eigenvalue weighted by atomic mass is 10.1. The van der Waals surface area contributed by atoms with Gasteiger partial charge in [-0.25, -0.2) is 0 Å². The summed E-state index contributed by atoms with van der Waals surface area (Å²) in [4.78, 5) is 29.5. The highest BCUT2D eigenvalue weighted by Gasteiger charge is 2.38. The minimum Gasteiger partial charge on any atom is -0.378 e. The number of aromatic amines is 1. The first-order valence-electron chi connectivity index (χ1n) is 11.5. The molecule has 3 aliphatic rings. The number of rotatable bonds is 10. The van der Waals surface area contributed by atoms with Gasteiger partial charge in [-0.1, -0.05) is 0 Å². The van der Waals surface area contributed by atoms with E-state index in [1.54, 1.807) is 0 Å². The third kappa shape index (κ3) is 6.04. The Bertz CT molecular complexity index is 685. The van der Waals surface area contributed by atoms with Gasteiger partial charge in [0.05, 0.1) is 19.4 Å². The Hall–Kier alpha value is -1.93. The van der Waals surface area contributed by atoms with E-state index >= 15 is 0 Å². The third-order valence-corrected chi connectivity index (χ3v) is 6.67. The zero-order chi connectivity index (χ0) is 20.8. The van der Waals surface area contributed by atoms with E-state index in [0.717, 1.165) is 43.7 Å². The average molecular weight is 418 g/mol. The van der Waals surface area contributed by atoms with Crippen molar-refractivity contribution in [1.82, 2.24) is 25.3 Å². The van der Waals surface area contributed by atoms with E-state index < -0.39 is 0 Å². The molecule has 0 aromatic carbocycles. The Morgan fingerprint density at radius 3 is 2.70 bits per heavy atom. The average Bonchev–Trinajstić information content (AvgIpc) is 3.28. The van der Waals surface area contributed by atoms with Gasteiger partial charge < -0.3 is 15.0 Å². The van der Waals surface area contributed by atoms with Crippen molar-refractivity contribution in [2.24, 2.45) is 5.92 Å². The molecule has 2 N–H and O–H groups in total. The Morgan fingerprint density at radius 2 is 1.97 bits per heavy atom. The standard InChI is InChI=1S/C22H35N5O3/c28-21(3-1-2-18-13-24-25-14-18)23-15-20-7-6-19(27(20)16-17-4-5-17)12-22(29)26-8-10-30-11-9-26/h13-14,17,19-20H,1-12,15-16H2,(H,23,28)(H,24,25)/t19-,20+/m1/s1. The van der Waals surface area contributed by atoms with Gasteiger partial charge in [0.15, 0.2) is 0 Å². The topological polar surface area (TPSA) is 90.6 Å². The molecule has 2 aliphatic heterocycles. The number of hydrogen-bond acceptors (Lipinski definition) is 5. The summed E-state index contributed by atoms with van der Waals surface area (Å²) in [6.45, 7) is 4.50. The summed E-state index contributed by atoms with van der Waals surface area (Å²) in [5.74, 6) is 1.16. The normalized spacial score (nSPS) is 24.9. The molecule has 0 radical (unpaired) electrons. The second-order valence-electron chi connectivity index (χ2n) is 8.99. The van der Waals surface area contributed by atoms with E-state index in [9.17, 15) is 9.59 Å². The highest BCUT2D eigenvalue weighted by atomic mass is 16.5. The second-order valence-corrected chi connectivity index (χ2v) is 8.99. The van der Waals surface area contributed by atoms with Crippen LogP contribution >= 0.6 is 0 Å². The van der Waals surface area contributed by atoms with Crippen molar-refractivity contribution in [2.75, 3.05) is 39.4 Å². The molecule has 1 saturated carbocycles. The fraction of sp³-hybridized carbons (Fsp3) is 0.773. The van der Waals surface area contributed by atoms with Crippen LogP contribution in [-0.4, -0.2) is 83.3 Å². The van der Waals surface area contributed by atoms with E-state index in [1.165, 1.54) is 12.8 Å². The molecule has 3 fully saturated rings. The van der Waals surface area contributed by atoms with Gasteiger partial charge in [0.25, 0.3) is 0 Å². The van der Waals surface area contributed by atoms with Crippen molar-refractivity contribution >= 4 is 11.8 Å². The summed E-state index contributed by atoms with van der Waals surface area (Å²) in [6, 6.07) is 0.662. The van der Waals surface area contributed by atoms with Crippen LogP contribution < -0.4 is 5.32 Å². The minimum absolute atomic E-state index is 0.123. The van der Waals surface area contributed by atoms with Crippen LogP contribution in [0.3, 0.4) is 0 Å². The number of nitrogens with zero attached hydrogens (tertiary/aromatic N) is 3. The summed E-state index contributed by atoms with van der Waals surface area (Å²) >= 11 is 0. The first kappa shape index (κ1) is 21.3. The first-order valence-corrected chi connectivity index (χ1v) is 11.5.